The highest BCUT2D eigenvalue weighted by Gasteiger charge is 2.07. The van der Waals surface area contributed by atoms with Crippen LogP contribution >= 0.6 is 0 Å². The van der Waals surface area contributed by atoms with Crippen LogP contribution in [0.15, 0.2) is 23.5 Å². The molecule has 0 fully saturated rings. The summed E-state index contributed by atoms with van der Waals surface area (Å²) >= 11 is 0. The summed E-state index contributed by atoms with van der Waals surface area (Å²) in [5.41, 5.74) is 0.00953. The normalized spacial score (nSPS) is 10.3. The number of carbonyl (C=O) groups excluding carboxylic acids is 1. The second kappa shape index (κ2) is 4.13. The van der Waals surface area contributed by atoms with Crippen molar-refractivity contribution in [3.05, 3.63) is 29.6 Å². The number of rotatable bonds is 3. The van der Waals surface area contributed by atoms with E-state index >= 15 is 0 Å². The maximum atomic E-state index is 11.0. The molecule has 6 nitrogen and oxygen atoms in total. The molecule has 0 bridgehead atoms. The lowest BCUT2D eigenvalue weighted by molar-refractivity contribution is 0.0696. The van der Waals surface area contributed by atoms with Gasteiger partial charge in [-0.1, -0.05) is 5.16 Å². The zero-order chi connectivity index (χ0) is 10.6. The first-order valence-corrected chi connectivity index (χ1v) is 3.56. The Bertz CT molecular complexity index is 383. The summed E-state index contributed by atoms with van der Waals surface area (Å²) in [5, 5.41) is 19.1. The number of aromatic carboxylic acids is 1. The van der Waals surface area contributed by atoms with Crippen molar-refractivity contribution in [1.82, 2.24) is 4.98 Å². The van der Waals surface area contributed by atoms with Gasteiger partial charge in [0, 0.05) is 6.20 Å². The molecular formula is C8H6N2O4. The van der Waals surface area contributed by atoms with Crippen molar-refractivity contribution >= 4 is 18.0 Å². The van der Waals surface area contributed by atoms with E-state index in [1.807, 2.05) is 0 Å². The molecule has 0 aliphatic rings. The van der Waals surface area contributed by atoms with E-state index in [1.165, 1.54) is 12.1 Å². The van der Waals surface area contributed by atoms with Crippen molar-refractivity contribution in [3.8, 4) is 0 Å². The number of ketones is 1. The van der Waals surface area contributed by atoms with Crippen LogP contribution in [0.5, 0.6) is 0 Å². The smallest absolute Gasteiger partial charge is 0.337 e. The summed E-state index contributed by atoms with van der Waals surface area (Å²) < 4.78 is 0. The fraction of sp³-hybridized carbons (Fsp3) is 0. The van der Waals surface area contributed by atoms with Gasteiger partial charge in [0.15, 0.2) is 0 Å². The number of Topliss-reactive ketones (excluding diaryl/α,β-unsaturated/α-hetero) is 1. The van der Waals surface area contributed by atoms with Crippen LogP contribution in [0.2, 0.25) is 0 Å². The molecule has 1 aromatic rings. The van der Waals surface area contributed by atoms with Crippen LogP contribution in [-0.2, 0) is 0 Å². The highest BCUT2D eigenvalue weighted by molar-refractivity contribution is 6.34. The number of aromatic nitrogens is 1. The summed E-state index contributed by atoms with van der Waals surface area (Å²) in [4.78, 5) is 25.0. The van der Waals surface area contributed by atoms with Crippen molar-refractivity contribution < 1.29 is 19.9 Å². The Labute approximate surface area is 78.5 Å². The van der Waals surface area contributed by atoms with E-state index in [0.717, 1.165) is 6.20 Å². The van der Waals surface area contributed by atoms with Crippen molar-refractivity contribution in [2.75, 3.05) is 0 Å². The van der Waals surface area contributed by atoms with Crippen molar-refractivity contribution in [3.63, 3.8) is 0 Å². The molecular weight excluding hydrogens is 188 g/mol. The van der Waals surface area contributed by atoms with Crippen LogP contribution in [0, 0.1) is 0 Å². The van der Waals surface area contributed by atoms with E-state index in [2.05, 4.69) is 10.1 Å². The van der Waals surface area contributed by atoms with E-state index in [1.54, 1.807) is 0 Å². The van der Waals surface area contributed by atoms with Crippen LogP contribution in [0.3, 0.4) is 0 Å². The molecule has 0 radical (unpaired) electrons. The van der Waals surface area contributed by atoms with Crippen LogP contribution in [0.25, 0.3) is 0 Å². The lowest BCUT2D eigenvalue weighted by Crippen LogP contribution is -2.05. The number of carboxylic acid groups (broad SMARTS) is 1. The minimum Gasteiger partial charge on any atom is -0.478 e. The molecule has 14 heavy (non-hydrogen) atoms. The molecule has 1 rings (SSSR count). The molecule has 0 spiro atoms. The molecule has 0 aliphatic carbocycles. The molecule has 0 aromatic carbocycles. The summed E-state index contributed by atoms with van der Waals surface area (Å²) in [6, 6.07) is 2.49. The standard InChI is InChI=1S/C8H6N2O4/c11-7(4-10-14)6-2-1-5(3-9-6)8(12)13/h1-4,14H,(H,12,13). The first-order valence-electron chi connectivity index (χ1n) is 3.56. The number of hydrogen-bond acceptors (Lipinski definition) is 5. The SMILES string of the molecule is O=C(O)c1ccc(C(=O)C=NO)nc1. The van der Waals surface area contributed by atoms with E-state index in [4.69, 9.17) is 10.3 Å². The van der Waals surface area contributed by atoms with Gasteiger partial charge in [0.25, 0.3) is 0 Å². The molecule has 0 atom stereocenters. The number of pyridine rings is 1. The minimum atomic E-state index is -1.12. The van der Waals surface area contributed by atoms with E-state index in [-0.39, 0.29) is 11.3 Å². The monoisotopic (exact) mass is 194 g/mol. The van der Waals surface area contributed by atoms with Gasteiger partial charge in [0.05, 0.1) is 5.56 Å². The lowest BCUT2D eigenvalue weighted by Gasteiger charge is -1.95. The Hall–Kier alpha value is -2.24. The van der Waals surface area contributed by atoms with Gasteiger partial charge in [-0.15, -0.1) is 0 Å². The first kappa shape index (κ1) is 9.85. The van der Waals surface area contributed by atoms with Gasteiger partial charge in [0.2, 0.25) is 5.78 Å². The van der Waals surface area contributed by atoms with Crippen LogP contribution < -0.4 is 0 Å². The first-order chi connectivity index (χ1) is 6.65. The largest absolute Gasteiger partial charge is 0.478 e. The average molecular weight is 194 g/mol. The third kappa shape index (κ3) is 2.13. The van der Waals surface area contributed by atoms with Gasteiger partial charge in [-0.05, 0) is 12.1 Å². The van der Waals surface area contributed by atoms with Crippen molar-refractivity contribution in [2.24, 2.45) is 5.16 Å². The fourth-order valence-corrected chi connectivity index (χ4v) is 0.785. The van der Waals surface area contributed by atoms with E-state index < -0.39 is 11.8 Å². The summed E-state index contributed by atoms with van der Waals surface area (Å²) in [7, 11) is 0. The number of carboxylic acids is 1. The molecule has 0 aliphatic heterocycles. The topological polar surface area (TPSA) is 99.8 Å². The van der Waals surface area contributed by atoms with Gasteiger partial charge in [-0.25, -0.2) is 4.79 Å². The summed E-state index contributed by atoms with van der Waals surface area (Å²) in [5.74, 6) is -1.71. The fourth-order valence-electron chi connectivity index (χ4n) is 0.785. The highest BCUT2D eigenvalue weighted by atomic mass is 16.4. The zero-order valence-corrected chi connectivity index (χ0v) is 6.91. The molecule has 0 saturated heterocycles. The van der Waals surface area contributed by atoms with Gasteiger partial charge >= 0.3 is 5.97 Å². The second-order valence-electron chi connectivity index (χ2n) is 2.35. The maximum absolute atomic E-state index is 11.0. The molecule has 0 amide bonds. The number of hydrogen-bond donors (Lipinski definition) is 2. The highest BCUT2D eigenvalue weighted by Crippen LogP contribution is 2.00. The van der Waals surface area contributed by atoms with Gasteiger partial charge in [-0.3, -0.25) is 9.78 Å². The zero-order valence-electron chi connectivity index (χ0n) is 6.91. The Kier molecular flexibility index (Phi) is 2.90. The number of carbonyl (C=O) groups is 2. The molecule has 1 heterocycles. The third-order valence-electron chi connectivity index (χ3n) is 1.44. The van der Waals surface area contributed by atoms with Crippen molar-refractivity contribution in [2.45, 2.75) is 0 Å². The minimum absolute atomic E-state index is 0.0116. The quantitative estimate of drug-likeness (QED) is 0.314. The van der Waals surface area contributed by atoms with Gasteiger partial charge in [-0.2, -0.15) is 0 Å². The Morgan fingerprint density at radius 2 is 2.14 bits per heavy atom. The number of oxime groups is 1. The molecule has 1 aromatic heterocycles. The maximum Gasteiger partial charge on any atom is 0.337 e. The predicted octanol–water partition coefficient (Wildman–Crippen LogP) is 0.422. The van der Waals surface area contributed by atoms with E-state index in [9.17, 15) is 9.59 Å². The van der Waals surface area contributed by atoms with Gasteiger partial charge < -0.3 is 10.3 Å². The third-order valence-corrected chi connectivity index (χ3v) is 1.44. The second-order valence-corrected chi connectivity index (χ2v) is 2.35. The molecule has 2 N–H and O–H groups in total. The predicted molar refractivity (Wildman–Crippen MR) is 45.8 cm³/mol. The average Bonchev–Trinajstić information content (AvgIpc) is 2.18. The van der Waals surface area contributed by atoms with Crippen LogP contribution in [-0.4, -0.2) is 33.3 Å². The summed E-state index contributed by atoms with van der Waals surface area (Å²) in [6.07, 6.45) is 1.74. The van der Waals surface area contributed by atoms with Crippen molar-refractivity contribution in [1.29, 1.82) is 0 Å². The molecule has 0 saturated carbocycles. The van der Waals surface area contributed by atoms with E-state index in [0.29, 0.717) is 6.21 Å². The number of nitrogens with zero attached hydrogens (tertiary/aromatic N) is 2. The molecule has 6 heteroatoms. The lowest BCUT2D eigenvalue weighted by atomic mass is 10.2. The van der Waals surface area contributed by atoms with Gasteiger partial charge in [0.1, 0.15) is 11.9 Å². The Morgan fingerprint density at radius 1 is 1.43 bits per heavy atom. The Balaban J connectivity index is 2.94. The Morgan fingerprint density at radius 3 is 2.57 bits per heavy atom. The molecule has 72 valence electrons. The summed E-state index contributed by atoms with van der Waals surface area (Å²) in [6.45, 7) is 0. The van der Waals surface area contributed by atoms with Crippen LogP contribution in [0.1, 0.15) is 20.8 Å². The van der Waals surface area contributed by atoms with Crippen LogP contribution in [0.4, 0.5) is 0 Å². The molecule has 0 unspecified atom stereocenters.